The second-order valence-corrected chi connectivity index (χ2v) is 5.72. The molecule has 2 aromatic heterocycles. The van der Waals surface area contributed by atoms with Crippen LogP contribution in [-0.4, -0.2) is 21.3 Å². The van der Waals surface area contributed by atoms with Crippen molar-refractivity contribution in [2.24, 2.45) is 7.05 Å². The number of nitrogens with one attached hydrogen (secondary N) is 1. The molecule has 21 heavy (non-hydrogen) atoms. The van der Waals surface area contributed by atoms with Gasteiger partial charge in [-0.3, -0.25) is 9.67 Å². The molecule has 0 radical (unpaired) electrons. The van der Waals surface area contributed by atoms with Gasteiger partial charge in [0, 0.05) is 30.7 Å². The molecule has 114 valence electrons. The minimum Gasteiger partial charge on any atom is -0.310 e. The van der Waals surface area contributed by atoms with Crippen LogP contribution in [0.2, 0.25) is 0 Å². The molecule has 1 atom stereocenters. The van der Waals surface area contributed by atoms with Crippen LogP contribution in [0.5, 0.6) is 0 Å². The number of pyridine rings is 1. The normalized spacial score (nSPS) is 12.6. The van der Waals surface area contributed by atoms with Gasteiger partial charge in [0.05, 0.1) is 5.69 Å². The molecule has 1 unspecified atom stereocenters. The summed E-state index contributed by atoms with van der Waals surface area (Å²) >= 11 is 0. The van der Waals surface area contributed by atoms with Gasteiger partial charge in [0.2, 0.25) is 0 Å². The van der Waals surface area contributed by atoms with Crippen LogP contribution in [0.25, 0.3) is 0 Å². The van der Waals surface area contributed by atoms with Gasteiger partial charge in [0.15, 0.2) is 0 Å². The number of aromatic nitrogens is 3. The van der Waals surface area contributed by atoms with E-state index in [0.717, 1.165) is 30.8 Å². The second kappa shape index (κ2) is 6.85. The molecule has 4 nitrogen and oxygen atoms in total. The van der Waals surface area contributed by atoms with Gasteiger partial charge >= 0.3 is 0 Å². The Kier molecular flexibility index (Phi) is 5.12. The zero-order valence-electron chi connectivity index (χ0n) is 13.8. The lowest BCUT2D eigenvalue weighted by molar-refractivity contribution is 0.525. The average molecular weight is 286 g/mol. The predicted octanol–water partition coefficient (Wildman–Crippen LogP) is 3.02. The third kappa shape index (κ3) is 3.70. The Balaban J connectivity index is 2.25. The summed E-state index contributed by atoms with van der Waals surface area (Å²) in [4.78, 5) is 4.44. The lowest BCUT2D eigenvalue weighted by Crippen LogP contribution is -2.24. The van der Waals surface area contributed by atoms with Crippen LogP contribution in [0, 0.1) is 20.8 Å². The Morgan fingerprint density at radius 1 is 1.24 bits per heavy atom. The Morgan fingerprint density at radius 3 is 2.52 bits per heavy atom. The van der Waals surface area contributed by atoms with E-state index in [1.165, 1.54) is 16.8 Å². The van der Waals surface area contributed by atoms with Crippen molar-refractivity contribution in [2.75, 3.05) is 6.54 Å². The summed E-state index contributed by atoms with van der Waals surface area (Å²) in [6, 6.07) is 4.55. The molecule has 0 bridgehead atoms. The standard InChI is InChI=1S/C17H26N4/c1-6-9-18-17(15-8-7-12(2)19-11-15)10-16-13(3)20-21(5)14(16)4/h7-8,11,17-18H,6,9-10H2,1-5H3. The van der Waals surface area contributed by atoms with Gasteiger partial charge in [-0.25, -0.2) is 0 Å². The van der Waals surface area contributed by atoms with Crippen LogP contribution in [0.15, 0.2) is 18.3 Å². The molecule has 0 aliphatic heterocycles. The van der Waals surface area contributed by atoms with Crippen molar-refractivity contribution in [3.63, 3.8) is 0 Å². The molecule has 0 aliphatic carbocycles. The van der Waals surface area contributed by atoms with E-state index in [-0.39, 0.29) is 0 Å². The van der Waals surface area contributed by atoms with Gasteiger partial charge in [0.1, 0.15) is 0 Å². The van der Waals surface area contributed by atoms with Crippen molar-refractivity contribution < 1.29 is 0 Å². The fourth-order valence-corrected chi connectivity index (χ4v) is 2.63. The summed E-state index contributed by atoms with van der Waals surface area (Å²) in [6.07, 6.45) is 4.07. The van der Waals surface area contributed by atoms with Gasteiger partial charge in [-0.05, 0) is 57.4 Å². The summed E-state index contributed by atoms with van der Waals surface area (Å²) in [6.45, 7) is 9.45. The molecular weight excluding hydrogens is 260 g/mol. The van der Waals surface area contributed by atoms with Crippen LogP contribution >= 0.6 is 0 Å². The van der Waals surface area contributed by atoms with Crippen molar-refractivity contribution in [2.45, 2.75) is 46.6 Å². The molecule has 0 aromatic carbocycles. The first-order valence-corrected chi connectivity index (χ1v) is 7.68. The van der Waals surface area contributed by atoms with Crippen LogP contribution in [0.4, 0.5) is 0 Å². The number of hydrogen-bond acceptors (Lipinski definition) is 3. The molecule has 0 amide bonds. The first-order chi connectivity index (χ1) is 10.0. The first kappa shape index (κ1) is 15.7. The summed E-state index contributed by atoms with van der Waals surface area (Å²) in [5.74, 6) is 0. The van der Waals surface area contributed by atoms with Crippen molar-refractivity contribution in [1.82, 2.24) is 20.1 Å². The number of hydrogen-bond donors (Lipinski definition) is 1. The Hall–Kier alpha value is -1.68. The fourth-order valence-electron chi connectivity index (χ4n) is 2.63. The third-order valence-electron chi connectivity index (χ3n) is 4.04. The van der Waals surface area contributed by atoms with E-state index in [1.807, 2.05) is 24.9 Å². The molecule has 0 aliphatic rings. The Labute approximate surface area is 127 Å². The van der Waals surface area contributed by atoms with E-state index >= 15 is 0 Å². The summed E-state index contributed by atoms with van der Waals surface area (Å²) in [5, 5.41) is 8.17. The molecule has 0 saturated carbocycles. The Bertz CT molecular complexity index is 584. The highest BCUT2D eigenvalue weighted by atomic mass is 15.3. The predicted molar refractivity (Wildman–Crippen MR) is 86.4 cm³/mol. The molecule has 2 rings (SSSR count). The smallest absolute Gasteiger partial charge is 0.0629 e. The second-order valence-electron chi connectivity index (χ2n) is 5.72. The van der Waals surface area contributed by atoms with Crippen molar-refractivity contribution in [3.8, 4) is 0 Å². The van der Waals surface area contributed by atoms with Gasteiger partial charge in [-0.1, -0.05) is 13.0 Å². The minimum atomic E-state index is 0.291. The molecule has 2 aromatic rings. The van der Waals surface area contributed by atoms with E-state index in [9.17, 15) is 0 Å². The molecule has 4 heteroatoms. The molecule has 0 fully saturated rings. The maximum absolute atomic E-state index is 4.52. The number of nitrogens with zero attached hydrogens (tertiary/aromatic N) is 3. The van der Waals surface area contributed by atoms with Gasteiger partial charge in [-0.2, -0.15) is 5.10 Å². The molecule has 0 spiro atoms. The Morgan fingerprint density at radius 2 is 2.00 bits per heavy atom. The summed E-state index contributed by atoms with van der Waals surface area (Å²) in [7, 11) is 2.01. The number of rotatable bonds is 6. The van der Waals surface area contributed by atoms with Crippen LogP contribution in [0.1, 0.15) is 47.6 Å². The lowest BCUT2D eigenvalue weighted by Gasteiger charge is -2.19. The van der Waals surface area contributed by atoms with E-state index in [4.69, 9.17) is 0 Å². The molecule has 2 heterocycles. The molecule has 1 N–H and O–H groups in total. The third-order valence-corrected chi connectivity index (χ3v) is 4.04. The van der Waals surface area contributed by atoms with Crippen molar-refractivity contribution >= 4 is 0 Å². The largest absolute Gasteiger partial charge is 0.310 e. The maximum Gasteiger partial charge on any atom is 0.0629 e. The summed E-state index contributed by atoms with van der Waals surface area (Å²) in [5.41, 5.74) is 6.01. The van der Waals surface area contributed by atoms with Crippen LogP contribution in [-0.2, 0) is 13.5 Å². The lowest BCUT2D eigenvalue weighted by atomic mass is 9.98. The van der Waals surface area contributed by atoms with E-state index in [2.05, 4.69) is 48.3 Å². The van der Waals surface area contributed by atoms with E-state index in [1.54, 1.807) is 0 Å². The average Bonchev–Trinajstić information content (AvgIpc) is 2.70. The minimum absolute atomic E-state index is 0.291. The monoisotopic (exact) mass is 286 g/mol. The fraction of sp³-hybridized carbons (Fsp3) is 0.529. The summed E-state index contributed by atoms with van der Waals surface area (Å²) < 4.78 is 1.97. The zero-order valence-corrected chi connectivity index (χ0v) is 13.8. The highest BCUT2D eigenvalue weighted by molar-refractivity contribution is 5.28. The zero-order chi connectivity index (χ0) is 15.4. The maximum atomic E-state index is 4.52. The van der Waals surface area contributed by atoms with Crippen molar-refractivity contribution in [3.05, 3.63) is 46.5 Å². The molecular formula is C17H26N4. The SMILES string of the molecule is CCCNC(Cc1c(C)nn(C)c1C)c1ccc(C)nc1. The quantitative estimate of drug-likeness (QED) is 0.887. The first-order valence-electron chi connectivity index (χ1n) is 7.68. The van der Waals surface area contributed by atoms with E-state index in [0.29, 0.717) is 6.04 Å². The van der Waals surface area contributed by atoms with Gasteiger partial charge in [0.25, 0.3) is 0 Å². The van der Waals surface area contributed by atoms with Gasteiger partial charge in [-0.15, -0.1) is 0 Å². The topological polar surface area (TPSA) is 42.7 Å². The van der Waals surface area contributed by atoms with E-state index < -0.39 is 0 Å². The highest BCUT2D eigenvalue weighted by Gasteiger charge is 2.17. The van der Waals surface area contributed by atoms with Crippen LogP contribution in [0.3, 0.4) is 0 Å². The van der Waals surface area contributed by atoms with Crippen LogP contribution < -0.4 is 5.32 Å². The number of aryl methyl sites for hydroxylation is 3. The van der Waals surface area contributed by atoms with Crippen molar-refractivity contribution in [1.29, 1.82) is 0 Å². The molecule has 0 saturated heterocycles. The van der Waals surface area contributed by atoms with Gasteiger partial charge < -0.3 is 5.32 Å². The highest BCUT2D eigenvalue weighted by Crippen LogP contribution is 2.22.